The molecule has 8 heteroatoms. The van der Waals surface area contributed by atoms with E-state index in [1.54, 1.807) is 17.8 Å². The predicted octanol–water partition coefficient (Wildman–Crippen LogP) is 2.73. The first-order chi connectivity index (χ1) is 11.3. The van der Waals surface area contributed by atoms with Crippen molar-refractivity contribution in [3.05, 3.63) is 34.4 Å². The van der Waals surface area contributed by atoms with Gasteiger partial charge in [-0.25, -0.2) is 9.07 Å². The number of hydrogen-bond acceptors (Lipinski definition) is 4. The van der Waals surface area contributed by atoms with Crippen molar-refractivity contribution in [1.82, 2.24) is 19.6 Å². The zero-order valence-electron chi connectivity index (χ0n) is 14.3. The number of rotatable bonds is 5. The van der Waals surface area contributed by atoms with E-state index in [2.05, 4.69) is 30.0 Å². The molecule has 2 heterocycles. The average molecular weight is 348 g/mol. The van der Waals surface area contributed by atoms with Gasteiger partial charge in [-0.1, -0.05) is 24.9 Å². The van der Waals surface area contributed by atoms with Gasteiger partial charge in [0.1, 0.15) is 18.1 Å². The fourth-order valence-corrected chi connectivity index (χ4v) is 3.37. The first kappa shape index (κ1) is 16.8. The van der Waals surface area contributed by atoms with Gasteiger partial charge in [-0.15, -0.1) is 5.10 Å². The van der Waals surface area contributed by atoms with Gasteiger partial charge in [-0.2, -0.15) is 0 Å². The Hall–Kier alpha value is -2.06. The van der Waals surface area contributed by atoms with Gasteiger partial charge in [-0.3, -0.25) is 9.36 Å². The van der Waals surface area contributed by atoms with Crippen LogP contribution < -0.4 is 5.56 Å². The molecule has 128 valence electrons. The topological polar surface area (TPSA) is 61.9 Å². The largest absolute Gasteiger partial charge is 0.361 e. The van der Waals surface area contributed by atoms with Gasteiger partial charge in [0.2, 0.25) is 0 Å². The molecule has 0 spiro atoms. The molecule has 0 radical (unpaired) electrons. The molecule has 0 amide bonds. The summed E-state index contributed by atoms with van der Waals surface area (Å²) in [6.45, 7) is 7.47. The van der Waals surface area contributed by atoms with Crippen molar-refractivity contribution >= 4 is 30.0 Å². The molecule has 0 atom stereocenters. The number of halogens is 1. The minimum absolute atomic E-state index is 0.0883. The molecule has 0 fully saturated rings. The molecule has 2 aromatic heterocycles. The molecule has 3 aromatic rings. The highest BCUT2D eigenvalue weighted by molar-refractivity contribution is 6.76. The highest BCUT2D eigenvalue weighted by Gasteiger charge is 2.17. The van der Waals surface area contributed by atoms with Crippen LogP contribution in [-0.2, 0) is 18.5 Å². The molecular formula is C16H21FN4O2Si. The van der Waals surface area contributed by atoms with Crippen molar-refractivity contribution in [2.75, 3.05) is 6.61 Å². The first-order valence-electron chi connectivity index (χ1n) is 7.87. The van der Waals surface area contributed by atoms with Crippen LogP contribution in [0.2, 0.25) is 25.7 Å². The summed E-state index contributed by atoms with van der Waals surface area (Å²) in [6, 6.07) is 5.19. The molecular weight excluding hydrogens is 327 g/mol. The van der Waals surface area contributed by atoms with E-state index in [9.17, 15) is 9.18 Å². The lowest BCUT2D eigenvalue weighted by molar-refractivity contribution is 0.0878. The molecule has 0 aliphatic carbocycles. The van der Waals surface area contributed by atoms with Crippen LogP contribution in [0.3, 0.4) is 0 Å². The second-order valence-electron chi connectivity index (χ2n) is 7.16. The van der Waals surface area contributed by atoms with E-state index < -0.39 is 13.9 Å². The first-order valence-corrected chi connectivity index (χ1v) is 11.6. The summed E-state index contributed by atoms with van der Waals surface area (Å²) < 4.78 is 22.3. The van der Waals surface area contributed by atoms with Gasteiger partial charge < -0.3 is 4.74 Å². The number of hydrogen-bond donors (Lipinski definition) is 0. The molecule has 24 heavy (non-hydrogen) atoms. The predicted molar refractivity (Wildman–Crippen MR) is 94.3 cm³/mol. The van der Waals surface area contributed by atoms with Crippen molar-refractivity contribution in [3.63, 3.8) is 0 Å². The van der Waals surface area contributed by atoms with E-state index in [-0.39, 0.29) is 12.3 Å². The van der Waals surface area contributed by atoms with Crippen molar-refractivity contribution in [3.8, 4) is 0 Å². The Labute approximate surface area is 139 Å². The normalized spacial score (nSPS) is 12.4. The number of fused-ring (bicyclic) bond motifs is 3. The fraction of sp³-hybridized carbons (Fsp3) is 0.438. The van der Waals surface area contributed by atoms with E-state index in [0.29, 0.717) is 28.5 Å². The lowest BCUT2D eigenvalue weighted by Crippen LogP contribution is -2.25. The number of pyridine rings is 1. The third-order valence-electron chi connectivity index (χ3n) is 3.99. The minimum Gasteiger partial charge on any atom is -0.361 e. The van der Waals surface area contributed by atoms with Gasteiger partial charge in [0.05, 0.1) is 5.39 Å². The molecule has 0 saturated carbocycles. The monoisotopic (exact) mass is 348 g/mol. The smallest absolute Gasteiger partial charge is 0.262 e. The van der Waals surface area contributed by atoms with Crippen molar-refractivity contribution in [1.29, 1.82) is 0 Å². The van der Waals surface area contributed by atoms with Crippen LogP contribution in [0.1, 0.15) is 0 Å². The van der Waals surface area contributed by atoms with E-state index in [0.717, 1.165) is 6.04 Å². The maximum absolute atomic E-state index is 13.6. The summed E-state index contributed by atoms with van der Waals surface area (Å²) >= 11 is 0. The van der Waals surface area contributed by atoms with Crippen LogP contribution in [0, 0.1) is 5.82 Å². The fourth-order valence-electron chi connectivity index (χ4n) is 2.62. The Morgan fingerprint density at radius 3 is 2.71 bits per heavy atom. The Morgan fingerprint density at radius 1 is 1.25 bits per heavy atom. The zero-order valence-corrected chi connectivity index (χ0v) is 15.3. The quantitative estimate of drug-likeness (QED) is 0.525. The summed E-state index contributed by atoms with van der Waals surface area (Å²) in [4.78, 5) is 12.7. The summed E-state index contributed by atoms with van der Waals surface area (Å²) in [5, 5.41) is 9.04. The molecule has 0 bridgehead atoms. The molecule has 0 saturated heterocycles. The average Bonchev–Trinajstić information content (AvgIpc) is 2.87. The van der Waals surface area contributed by atoms with Crippen molar-refractivity contribution < 1.29 is 9.13 Å². The van der Waals surface area contributed by atoms with Crippen LogP contribution in [0.5, 0.6) is 0 Å². The van der Waals surface area contributed by atoms with Crippen LogP contribution in [0.4, 0.5) is 4.39 Å². The van der Waals surface area contributed by atoms with Gasteiger partial charge in [0.15, 0.2) is 5.65 Å². The summed E-state index contributed by atoms with van der Waals surface area (Å²) in [5.74, 6) is -0.444. The van der Waals surface area contributed by atoms with Crippen LogP contribution >= 0.6 is 0 Å². The standard InChI is InChI=1S/C16H21FN4O2Si/c1-20-14-12-6-5-11(17)9-13(12)16(22)21(15(14)18-19-20)10-23-7-8-24(2,3)4/h5-6,9H,7-8,10H2,1-4H3. The lowest BCUT2D eigenvalue weighted by atomic mass is 10.1. The third kappa shape index (κ3) is 3.11. The van der Waals surface area contributed by atoms with Gasteiger partial charge in [0.25, 0.3) is 5.56 Å². The van der Waals surface area contributed by atoms with Crippen molar-refractivity contribution in [2.45, 2.75) is 32.4 Å². The van der Waals surface area contributed by atoms with Crippen LogP contribution in [0.15, 0.2) is 23.0 Å². The number of nitrogens with zero attached hydrogens (tertiary/aromatic N) is 4. The van der Waals surface area contributed by atoms with E-state index in [4.69, 9.17) is 4.74 Å². The highest BCUT2D eigenvalue weighted by Crippen LogP contribution is 2.21. The molecule has 0 N–H and O–H groups in total. The van der Waals surface area contributed by atoms with E-state index in [1.165, 1.54) is 16.7 Å². The van der Waals surface area contributed by atoms with E-state index >= 15 is 0 Å². The van der Waals surface area contributed by atoms with Crippen LogP contribution in [-0.4, -0.2) is 34.2 Å². The summed E-state index contributed by atoms with van der Waals surface area (Å²) in [5.41, 5.74) is 0.832. The Balaban J connectivity index is 2.06. The number of aryl methyl sites for hydroxylation is 1. The van der Waals surface area contributed by atoms with Crippen LogP contribution in [0.25, 0.3) is 21.9 Å². The third-order valence-corrected chi connectivity index (χ3v) is 5.70. The zero-order chi connectivity index (χ0) is 17.5. The number of ether oxygens (including phenoxy) is 1. The summed E-state index contributed by atoms with van der Waals surface area (Å²) in [7, 11) is 0.545. The minimum atomic E-state index is -1.20. The van der Waals surface area contributed by atoms with Gasteiger partial charge in [0, 0.05) is 27.1 Å². The Morgan fingerprint density at radius 2 is 2.00 bits per heavy atom. The van der Waals surface area contributed by atoms with Gasteiger partial charge >= 0.3 is 0 Å². The van der Waals surface area contributed by atoms with E-state index in [1.807, 2.05) is 0 Å². The van der Waals surface area contributed by atoms with Crippen molar-refractivity contribution in [2.24, 2.45) is 7.05 Å². The number of benzene rings is 1. The molecule has 0 aliphatic heterocycles. The SMILES string of the molecule is Cn1nnc2c1c1ccc(F)cc1c(=O)n2COCC[Si](C)(C)C. The molecule has 0 unspecified atom stereocenters. The maximum Gasteiger partial charge on any atom is 0.262 e. The maximum atomic E-state index is 13.6. The molecule has 0 aliphatic rings. The second kappa shape index (κ2) is 6.10. The Bertz CT molecular complexity index is 958. The molecule has 1 aromatic carbocycles. The van der Waals surface area contributed by atoms with Gasteiger partial charge in [-0.05, 0) is 24.2 Å². The second-order valence-corrected chi connectivity index (χ2v) is 12.8. The highest BCUT2D eigenvalue weighted by atomic mass is 28.3. The number of aromatic nitrogens is 4. The lowest BCUT2D eigenvalue weighted by Gasteiger charge is -2.16. The molecule has 3 rings (SSSR count). The molecule has 6 nitrogen and oxygen atoms in total. The Kier molecular flexibility index (Phi) is 4.27. The summed E-state index contributed by atoms with van der Waals surface area (Å²) in [6.07, 6.45) is 0.